The molecule has 0 radical (unpaired) electrons. The van der Waals surface area contributed by atoms with E-state index in [2.05, 4.69) is 20.6 Å². The Morgan fingerprint density at radius 1 is 1.25 bits per heavy atom. The molecular weight excluding hydrogens is 402 g/mol. The molecule has 1 unspecified atom stereocenters. The number of nitriles is 1. The highest BCUT2D eigenvalue weighted by Gasteiger charge is 2.35. The van der Waals surface area contributed by atoms with Crippen molar-refractivity contribution in [2.75, 3.05) is 7.05 Å². The summed E-state index contributed by atoms with van der Waals surface area (Å²) in [5, 5.41) is 8.88. The van der Waals surface area contributed by atoms with Crippen LogP contribution in [0.3, 0.4) is 0 Å². The molecule has 7 nitrogen and oxygen atoms in total. The first-order valence-electron chi connectivity index (χ1n) is 10.5. The number of rotatable bonds is 6. The third-order valence-electron chi connectivity index (χ3n) is 5.75. The van der Waals surface area contributed by atoms with Crippen LogP contribution in [0.5, 0.6) is 11.5 Å². The lowest BCUT2D eigenvalue weighted by Crippen LogP contribution is -2.36. The molecule has 0 aliphatic carbocycles. The van der Waals surface area contributed by atoms with Crippen molar-refractivity contribution in [3.05, 3.63) is 72.2 Å². The number of para-hydroxylation sites is 1. The number of nitrogens with one attached hydrogen (secondary N) is 1. The highest BCUT2D eigenvalue weighted by Crippen LogP contribution is 2.42. The Bertz CT molecular complexity index is 1330. The summed E-state index contributed by atoms with van der Waals surface area (Å²) in [5.41, 5.74) is 4.52. The number of likely N-dealkylation sites (N-methyl/N-ethyl adjacent to an activating group) is 1. The summed E-state index contributed by atoms with van der Waals surface area (Å²) in [5.74, 6) is 1.37. The van der Waals surface area contributed by atoms with E-state index in [1.807, 2.05) is 61.1 Å². The van der Waals surface area contributed by atoms with E-state index in [0.29, 0.717) is 12.2 Å². The molecule has 158 valence electrons. The van der Waals surface area contributed by atoms with Crippen molar-refractivity contribution in [1.82, 2.24) is 9.88 Å². The molecule has 7 heteroatoms. The van der Waals surface area contributed by atoms with E-state index in [1.165, 1.54) is 0 Å². The van der Waals surface area contributed by atoms with Gasteiger partial charge in [-0.1, -0.05) is 18.2 Å². The van der Waals surface area contributed by atoms with Crippen LogP contribution in [-0.4, -0.2) is 35.1 Å². The van der Waals surface area contributed by atoms with Crippen LogP contribution in [-0.2, 0) is 11.3 Å². The van der Waals surface area contributed by atoms with Gasteiger partial charge in [0, 0.05) is 37.0 Å². The smallest absolute Gasteiger partial charge is 0.255 e. The van der Waals surface area contributed by atoms with Crippen molar-refractivity contribution in [3.63, 3.8) is 0 Å². The minimum Gasteiger partial charge on any atom is -0.452 e. The Hall–Kier alpha value is -4.18. The average Bonchev–Trinajstić information content (AvgIpc) is 3.46. The van der Waals surface area contributed by atoms with Crippen molar-refractivity contribution in [2.45, 2.75) is 25.4 Å². The third-order valence-corrected chi connectivity index (χ3v) is 5.75. The number of nitrogens with zero attached hydrogens (tertiary/aromatic N) is 4. The molecule has 32 heavy (non-hydrogen) atoms. The number of H-pyrrole nitrogens is 1. The Morgan fingerprint density at radius 2 is 2.09 bits per heavy atom. The Morgan fingerprint density at radius 3 is 2.91 bits per heavy atom. The van der Waals surface area contributed by atoms with Gasteiger partial charge in [0.2, 0.25) is 11.8 Å². The number of carbonyl (C=O) groups excluding carboxylic acids is 1. The van der Waals surface area contributed by atoms with Crippen molar-refractivity contribution in [3.8, 4) is 17.6 Å². The summed E-state index contributed by atoms with van der Waals surface area (Å²) < 4.78 is 8.51. The van der Waals surface area contributed by atoms with E-state index in [4.69, 9.17) is 10.00 Å². The van der Waals surface area contributed by atoms with Crippen LogP contribution >= 0.6 is 0 Å². The average molecular weight is 424 g/mol. The number of benzene rings is 2. The van der Waals surface area contributed by atoms with Gasteiger partial charge in [-0.25, -0.2) is 9.55 Å². The highest BCUT2D eigenvalue weighted by atomic mass is 16.5. The second-order valence-electron chi connectivity index (χ2n) is 7.79. The van der Waals surface area contributed by atoms with Gasteiger partial charge in [0.05, 0.1) is 12.6 Å². The number of hydrogen-bond donors (Lipinski definition) is 1. The van der Waals surface area contributed by atoms with Gasteiger partial charge in [-0.3, -0.25) is 9.79 Å². The van der Waals surface area contributed by atoms with Crippen LogP contribution in [0.1, 0.15) is 18.4 Å². The number of aliphatic imine (C=N–C) groups is 1. The van der Waals surface area contributed by atoms with E-state index in [0.717, 1.165) is 46.5 Å². The summed E-state index contributed by atoms with van der Waals surface area (Å²) >= 11 is 0. The Kier molecular flexibility index (Phi) is 5.04. The van der Waals surface area contributed by atoms with Gasteiger partial charge in [-0.15, -0.1) is 0 Å². The number of carbonyl (C=O) groups is 1. The number of allylic oxidation sites excluding steroid dienone is 1. The van der Waals surface area contributed by atoms with Crippen molar-refractivity contribution >= 4 is 28.7 Å². The first-order valence-corrected chi connectivity index (χ1v) is 10.5. The van der Waals surface area contributed by atoms with E-state index in [9.17, 15) is 4.79 Å². The summed E-state index contributed by atoms with van der Waals surface area (Å²) in [6.45, 7) is 0.735. The van der Waals surface area contributed by atoms with Crippen LogP contribution in [0.2, 0.25) is 0 Å². The lowest BCUT2D eigenvalue weighted by Gasteiger charge is -2.27. The summed E-state index contributed by atoms with van der Waals surface area (Å²) in [4.78, 5) is 21.9. The molecule has 3 heterocycles. The third kappa shape index (κ3) is 3.36. The molecule has 2 aromatic carbocycles. The molecule has 0 saturated carbocycles. The molecule has 0 saturated heterocycles. The SMILES string of the molecule is CN1C=C(c2ccc3c([nH]c[n+]3CCCC#N)c2Oc2ccccc2)C2=CC=NC2C1=O. The Balaban J connectivity index is 1.65. The number of aromatic amines is 1. The van der Waals surface area contributed by atoms with E-state index in [1.54, 1.807) is 18.2 Å². The quantitative estimate of drug-likeness (QED) is 0.483. The minimum atomic E-state index is -0.514. The molecule has 0 bridgehead atoms. The van der Waals surface area contributed by atoms with Crippen molar-refractivity contribution < 1.29 is 14.1 Å². The molecule has 1 atom stereocenters. The maximum atomic E-state index is 12.6. The molecule has 1 amide bonds. The predicted octanol–water partition coefficient (Wildman–Crippen LogP) is 3.74. The molecule has 5 rings (SSSR count). The van der Waals surface area contributed by atoms with Crippen LogP contribution in [0, 0.1) is 11.3 Å². The molecule has 3 aromatic rings. The largest absolute Gasteiger partial charge is 0.452 e. The maximum Gasteiger partial charge on any atom is 0.255 e. The van der Waals surface area contributed by atoms with Gasteiger partial charge in [0.1, 0.15) is 5.75 Å². The number of aromatic nitrogens is 2. The van der Waals surface area contributed by atoms with Gasteiger partial charge in [-0.05, 0) is 42.3 Å². The topological polar surface area (TPSA) is 85.4 Å². The zero-order valence-electron chi connectivity index (χ0n) is 17.7. The van der Waals surface area contributed by atoms with Gasteiger partial charge in [0.15, 0.2) is 17.3 Å². The monoisotopic (exact) mass is 424 g/mol. The summed E-state index contributed by atoms with van der Waals surface area (Å²) in [7, 11) is 1.75. The number of unbranched alkanes of at least 4 members (excludes halogenated alkanes) is 1. The lowest BCUT2D eigenvalue weighted by molar-refractivity contribution is -0.671. The Labute approximate surface area is 185 Å². The summed E-state index contributed by atoms with van der Waals surface area (Å²) in [6.07, 6.45) is 8.63. The van der Waals surface area contributed by atoms with Crippen LogP contribution in [0.4, 0.5) is 0 Å². The number of imidazole rings is 1. The fourth-order valence-electron chi connectivity index (χ4n) is 4.17. The van der Waals surface area contributed by atoms with Gasteiger partial charge >= 0.3 is 0 Å². The number of ether oxygens (including phenoxy) is 1. The standard InChI is InChI=1S/C25H21N5O2/c1-29-15-20(18-11-13-27-22(18)25(29)31)19-9-10-21-23(28-16-30(21)14-6-5-12-26)24(19)32-17-7-3-2-4-8-17/h2-4,7-11,13,15-16,22H,5-6,14H2,1H3/p+1. The summed E-state index contributed by atoms with van der Waals surface area (Å²) in [6, 6.07) is 15.4. The van der Waals surface area contributed by atoms with Gasteiger partial charge < -0.3 is 9.64 Å². The van der Waals surface area contributed by atoms with Gasteiger partial charge in [-0.2, -0.15) is 5.26 Å². The molecule has 1 N–H and O–H groups in total. The zero-order valence-corrected chi connectivity index (χ0v) is 17.7. The van der Waals surface area contributed by atoms with E-state index >= 15 is 0 Å². The zero-order chi connectivity index (χ0) is 22.1. The van der Waals surface area contributed by atoms with E-state index < -0.39 is 6.04 Å². The molecule has 2 aliphatic heterocycles. The highest BCUT2D eigenvalue weighted by molar-refractivity contribution is 6.05. The lowest BCUT2D eigenvalue weighted by atomic mass is 9.90. The molecule has 0 fully saturated rings. The number of aryl methyl sites for hydroxylation is 1. The van der Waals surface area contributed by atoms with Crippen molar-refractivity contribution in [1.29, 1.82) is 5.26 Å². The first kappa shape index (κ1) is 19.8. The van der Waals surface area contributed by atoms with E-state index in [-0.39, 0.29) is 5.91 Å². The predicted molar refractivity (Wildman–Crippen MR) is 121 cm³/mol. The number of amides is 1. The molecular formula is C25H22N5O2+. The second-order valence-corrected chi connectivity index (χ2v) is 7.79. The molecule has 1 aromatic heterocycles. The fraction of sp³-hybridized carbons (Fsp3) is 0.200. The van der Waals surface area contributed by atoms with Crippen molar-refractivity contribution in [2.24, 2.45) is 4.99 Å². The number of fused-ring (bicyclic) bond motifs is 2. The number of hydrogen-bond acceptors (Lipinski definition) is 4. The fourth-order valence-corrected chi connectivity index (χ4v) is 4.17. The van der Waals surface area contributed by atoms with Crippen LogP contribution in [0.25, 0.3) is 16.6 Å². The first-order chi connectivity index (χ1) is 15.7. The van der Waals surface area contributed by atoms with Crippen LogP contribution < -0.4 is 9.30 Å². The minimum absolute atomic E-state index is 0.0458. The molecule has 0 spiro atoms. The van der Waals surface area contributed by atoms with Gasteiger partial charge in [0.25, 0.3) is 5.91 Å². The molecule has 2 aliphatic rings. The maximum absolute atomic E-state index is 12.6. The normalized spacial score (nSPS) is 17.2. The second kappa shape index (κ2) is 8.16. The van der Waals surface area contributed by atoms with Crippen LogP contribution in [0.15, 0.2) is 71.6 Å².